The Morgan fingerprint density at radius 1 is 1.29 bits per heavy atom. The van der Waals surface area contributed by atoms with Gasteiger partial charge in [-0.05, 0) is 17.9 Å². The molecule has 2 unspecified atom stereocenters. The van der Waals surface area contributed by atoms with E-state index in [-0.39, 0.29) is 29.6 Å². The summed E-state index contributed by atoms with van der Waals surface area (Å²) in [5.41, 5.74) is 6.74. The number of nitrogen functional groups attached to an aromatic ring is 1. The van der Waals surface area contributed by atoms with E-state index in [1.165, 1.54) is 23.3 Å². The van der Waals surface area contributed by atoms with Gasteiger partial charge in [0.1, 0.15) is 36.0 Å². The number of hydrogen-bond donors (Lipinski definition) is 3. The molecule has 1 aromatic carbocycles. The average molecular weight is 532 g/mol. The summed E-state index contributed by atoms with van der Waals surface area (Å²) in [4.78, 5) is 12.1. The minimum atomic E-state index is -3.30. The van der Waals surface area contributed by atoms with Crippen LogP contribution in [0.2, 0.25) is 5.02 Å². The van der Waals surface area contributed by atoms with E-state index in [0.717, 1.165) is 0 Å². The summed E-state index contributed by atoms with van der Waals surface area (Å²) in [5.74, 6) is -0.415. The smallest absolute Gasteiger partial charge is 0.327 e. The Hall–Kier alpha value is -1.80. The van der Waals surface area contributed by atoms with Crippen molar-refractivity contribution in [2.45, 2.75) is 37.1 Å². The third kappa shape index (κ3) is 4.32. The summed E-state index contributed by atoms with van der Waals surface area (Å²) in [6, 6.07) is 4.62. The van der Waals surface area contributed by atoms with E-state index in [1.54, 1.807) is 12.1 Å². The fraction of sp³-hybridized carbons (Fsp3) is 0.421. The van der Waals surface area contributed by atoms with Crippen molar-refractivity contribution in [3.05, 3.63) is 47.3 Å². The lowest BCUT2D eigenvalue weighted by atomic mass is 10.1. The molecular weight excluding hydrogens is 512 g/mol. The number of hydrogen-bond acceptors (Lipinski definition) is 11. The molecule has 4 N–H and O–H groups in total. The van der Waals surface area contributed by atoms with Gasteiger partial charge < -0.3 is 34.3 Å². The molecule has 0 spiro atoms. The Morgan fingerprint density at radius 2 is 2.12 bits per heavy atom. The van der Waals surface area contributed by atoms with E-state index in [0.29, 0.717) is 17.6 Å². The van der Waals surface area contributed by atoms with Crippen molar-refractivity contribution in [1.82, 2.24) is 19.5 Å². The first-order valence-electron chi connectivity index (χ1n) is 10.2. The summed E-state index contributed by atoms with van der Waals surface area (Å²) in [5, 5.41) is 21.1. The highest BCUT2D eigenvalue weighted by atomic mass is 35.5. The SMILES string of the molecule is Nc1ncnc2c1ncn2[C@@H]1O[C@H](COP2(=S)OCCC(c3cccc(Cl)c3F)O2)[C@H](O)[C@@H]1O. The zero-order chi connectivity index (χ0) is 24.0. The van der Waals surface area contributed by atoms with Gasteiger partial charge in [0.25, 0.3) is 0 Å². The maximum Gasteiger partial charge on any atom is 0.327 e. The van der Waals surface area contributed by atoms with Crippen LogP contribution < -0.4 is 5.73 Å². The molecule has 0 amide bonds. The van der Waals surface area contributed by atoms with Crippen LogP contribution in [0.25, 0.3) is 11.2 Å². The minimum Gasteiger partial charge on any atom is -0.387 e. The highest BCUT2D eigenvalue weighted by molar-refractivity contribution is 8.07. The van der Waals surface area contributed by atoms with Crippen molar-refractivity contribution >= 4 is 47.1 Å². The van der Waals surface area contributed by atoms with Gasteiger partial charge in [-0.3, -0.25) is 4.57 Å². The Kier molecular flexibility index (Phi) is 6.57. The molecule has 0 bridgehead atoms. The number of anilines is 1. The number of aliphatic hydroxyl groups excluding tert-OH is 2. The zero-order valence-corrected chi connectivity index (χ0v) is 19.9. The molecule has 2 aliphatic rings. The molecule has 2 fully saturated rings. The number of rotatable bonds is 5. The molecule has 6 atom stereocenters. The molecule has 0 aliphatic carbocycles. The summed E-state index contributed by atoms with van der Waals surface area (Å²) in [6.45, 7) is -3.35. The average Bonchev–Trinajstić information content (AvgIpc) is 3.36. The van der Waals surface area contributed by atoms with Gasteiger partial charge in [-0.2, -0.15) is 0 Å². The minimum absolute atomic E-state index is 0.0247. The van der Waals surface area contributed by atoms with Crippen LogP contribution in [0, 0.1) is 5.82 Å². The molecule has 2 saturated heterocycles. The van der Waals surface area contributed by atoms with Gasteiger partial charge in [0.05, 0.1) is 30.7 Å². The molecule has 2 aromatic heterocycles. The van der Waals surface area contributed by atoms with Gasteiger partial charge in [0.15, 0.2) is 17.7 Å². The van der Waals surface area contributed by atoms with Crippen LogP contribution in [0.3, 0.4) is 0 Å². The number of imidazole rings is 1. The highest BCUT2D eigenvalue weighted by Crippen LogP contribution is 2.58. The first kappa shape index (κ1) is 23.9. The summed E-state index contributed by atoms with van der Waals surface area (Å²) in [7, 11) is 0. The maximum absolute atomic E-state index is 14.5. The molecule has 0 radical (unpaired) electrons. The number of halogens is 2. The van der Waals surface area contributed by atoms with E-state index in [4.69, 9.17) is 47.4 Å². The molecular formula is C19H20ClFN5O6PS. The predicted molar refractivity (Wildman–Crippen MR) is 122 cm³/mol. The lowest BCUT2D eigenvalue weighted by Crippen LogP contribution is -2.34. The van der Waals surface area contributed by atoms with Gasteiger partial charge in [-0.1, -0.05) is 23.7 Å². The number of aliphatic hydroxyl groups is 2. The van der Waals surface area contributed by atoms with Crippen molar-refractivity contribution in [1.29, 1.82) is 0 Å². The Morgan fingerprint density at radius 3 is 2.94 bits per heavy atom. The molecule has 2 aliphatic heterocycles. The fourth-order valence-electron chi connectivity index (χ4n) is 3.88. The molecule has 4 heterocycles. The van der Waals surface area contributed by atoms with E-state index < -0.39 is 43.2 Å². The number of benzene rings is 1. The van der Waals surface area contributed by atoms with Crippen LogP contribution in [0.4, 0.5) is 10.2 Å². The second kappa shape index (κ2) is 9.34. The van der Waals surface area contributed by atoms with Crippen LogP contribution in [-0.2, 0) is 30.1 Å². The van der Waals surface area contributed by atoms with Gasteiger partial charge in [0.2, 0.25) is 0 Å². The number of nitrogens with zero attached hydrogens (tertiary/aromatic N) is 4. The number of ether oxygens (including phenoxy) is 1. The second-order valence-corrected chi connectivity index (χ2v) is 11.1. The number of fused-ring (bicyclic) bond motifs is 1. The third-order valence-electron chi connectivity index (χ3n) is 5.61. The molecule has 11 nitrogen and oxygen atoms in total. The van der Waals surface area contributed by atoms with Crippen LogP contribution in [-0.4, -0.2) is 61.3 Å². The molecule has 182 valence electrons. The Labute approximate surface area is 202 Å². The normalized spacial score (nSPS) is 31.8. The van der Waals surface area contributed by atoms with Gasteiger partial charge in [0, 0.05) is 12.0 Å². The van der Waals surface area contributed by atoms with Crippen LogP contribution in [0.15, 0.2) is 30.9 Å². The summed E-state index contributed by atoms with van der Waals surface area (Å²) in [6.07, 6.45) is -2.29. The van der Waals surface area contributed by atoms with Gasteiger partial charge in [-0.25, -0.2) is 19.3 Å². The molecule has 3 aromatic rings. The second-order valence-electron chi connectivity index (χ2n) is 7.73. The predicted octanol–water partition coefficient (Wildman–Crippen LogP) is 2.24. The maximum atomic E-state index is 14.5. The van der Waals surface area contributed by atoms with Crippen molar-refractivity contribution in [2.75, 3.05) is 18.9 Å². The fourth-order valence-corrected chi connectivity index (χ4v) is 6.16. The van der Waals surface area contributed by atoms with Crippen molar-refractivity contribution in [3.63, 3.8) is 0 Å². The van der Waals surface area contributed by atoms with E-state index in [1.807, 2.05) is 0 Å². The first-order valence-corrected chi connectivity index (χ1v) is 13.2. The topological polar surface area (TPSA) is 147 Å². The molecule has 5 rings (SSSR count). The zero-order valence-electron chi connectivity index (χ0n) is 17.4. The largest absolute Gasteiger partial charge is 0.387 e. The van der Waals surface area contributed by atoms with E-state index >= 15 is 0 Å². The summed E-state index contributed by atoms with van der Waals surface area (Å²) >= 11 is 11.3. The van der Waals surface area contributed by atoms with Crippen LogP contribution in [0.5, 0.6) is 0 Å². The van der Waals surface area contributed by atoms with E-state index in [2.05, 4.69) is 15.0 Å². The lowest BCUT2D eigenvalue weighted by molar-refractivity contribution is -0.0533. The Bertz CT molecular complexity index is 1270. The van der Waals surface area contributed by atoms with Crippen molar-refractivity contribution in [2.24, 2.45) is 0 Å². The third-order valence-corrected chi connectivity index (χ3v) is 8.27. The highest BCUT2D eigenvalue weighted by Gasteiger charge is 2.45. The number of nitrogens with two attached hydrogens (primary N) is 1. The van der Waals surface area contributed by atoms with Crippen molar-refractivity contribution < 1.29 is 32.9 Å². The molecule has 0 saturated carbocycles. The Balaban J connectivity index is 1.28. The number of aromatic nitrogens is 4. The molecule has 15 heteroatoms. The monoisotopic (exact) mass is 531 g/mol. The lowest BCUT2D eigenvalue weighted by Gasteiger charge is -2.33. The molecule has 34 heavy (non-hydrogen) atoms. The van der Waals surface area contributed by atoms with Gasteiger partial charge >= 0.3 is 6.72 Å². The van der Waals surface area contributed by atoms with Crippen LogP contribution in [0.1, 0.15) is 24.3 Å². The van der Waals surface area contributed by atoms with Crippen molar-refractivity contribution in [3.8, 4) is 0 Å². The van der Waals surface area contributed by atoms with Gasteiger partial charge in [-0.15, -0.1) is 0 Å². The quantitative estimate of drug-likeness (QED) is 0.416. The summed E-state index contributed by atoms with van der Waals surface area (Å²) < 4.78 is 38.9. The van der Waals surface area contributed by atoms with E-state index in [9.17, 15) is 14.6 Å². The standard InChI is InChI=1S/C19H20ClFN5O6PS/c20-10-3-1-2-9(13(10)21)11-4-5-29-33(34,32-11)30-6-12-15(27)16(28)19(31-12)26-8-25-14-17(22)23-7-24-18(14)26/h1-3,7-8,11-12,15-16,19,27-28H,4-6H2,(H2,22,23,24)/t11?,12-,15+,16+,19-,33?/m1/s1. The first-order chi connectivity index (χ1) is 16.3. The van der Waals surface area contributed by atoms with Crippen LogP contribution >= 0.6 is 18.3 Å².